The first kappa shape index (κ1) is 30.1. The number of ketones is 1. The van der Waals surface area contributed by atoms with Crippen LogP contribution in [-0.4, -0.2) is 30.9 Å². The van der Waals surface area contributed by atoms with E-state index in [-0.39, 0.29) is 18.1 Å². The summed E-state index contributed by atoms with van der Waals surface area (Å²) in [6, 6.07) is 13.0. The second kappa shape index (κ2) is 17.3. The van der Waals surface area contributed by atoms with Crippen molar-refractivity contribution < 1.29 is 28.6 Å². The van der Waals surface area contributed by atoms with Gasteiger partial charge in [0.05, 0.1) is 18.8 Å². The highest BCUT2D eigenvalue weighted by atomic mass is 16.5. The fourth-order valence-electron chi connectivity index (χ4n) is 3.63. The quantitative estimate of drug-likeness (QED) is 0.0676. The van der Waals surface area contributed by atoms with E-state index in [0.717, 1.165) is 18.6 Å². The van der Waals surface area contributed by atoms with Gasteiger partial charge < -0.3 is 14.2 Å². The van der Waals surface area contributed by atoms with Crippen molar-refractivity contribution in [2.24, 2.45) is 5.92 Å². The van der Waals surface area contributed by atoms with Crippen molar-refractivity contribution in [2.75, 3.05) is 13.2 Å². The number of carbonyl (C=O) groups excluding carboxylic acids is 3. The molecule has 0 heterocycles. The highest BCUT2D eigenvalue weighted by Gasteiger charge is 2.15. The highest BCUT2D eigenvalue weighted by Crippen LogP contribution is 2.18. The molecule has 0 saturated carbocycles. The maximum atomic E-state index is 12.5. The molecule has 37 heavy (non-hydrogen) atoms. The van der Waals surface area contributed by atoms with Gasteiger partial charge in [0.15, 0.2) is 5.78 Å². The molecular formula is C31H42O6. The Morgan fingerprint density at radius 1 is 0.730 bits per heavy atom. The molecule has 0 saturated heterocycles. The summed E-state index contributed by atoms with van der Waals surface area (Å²) in [5, 5.41) is 0. The Kier molecular flexibility index (Phi) is 14.1. The fraction of sp³-hybridized carbons (Fsp3) is 0.516. The first-order valence-electron chi connectivity index (χ1n) is 13.7. The Morgan fingerprint density at radius 2 is 1.30 bits per heavy atom. The van der Waals surface area contributed by atoms with E-state index in [0.29, 0.717) is 30.1 Å². The molecule has 0 aromatic heterocycles. The topological polar surface area (TPSA) is 78.9 Å². The maximum absolute atomic E-state index is 12.5. The Labute approximate surface area is 221 Å². The van der Waals surface area contributed by atoms with E-state index in [9.17, 15) is 14.4 Å². The van der Waals surface area contributed by atoms with Crippen molar-refractivity contribution in [1.29, 1.82) is 0 Å². The van der Waals surface area contributed by atoms with Gasteiger partial charge in [-0.05, 0) is 60.9 Å². The van der Waals surface area contributed by atoms with Crippen LogP contribution in [-0.2, 0) is 9.53 Å². The number of rotatable bonds is 18. The molecule has 0 aliphatic rings. The summed E-state index contributed by atoms with van der Waals surface area (Å²) in [6.07, 6.45) is 10.6. The van der Waals surface area contributed by atoms with Crippen molar-refractivity contribution in [3.63, 3.8) is 0 Å². The monoisotopic (exact) mass is 510 g/mol. The average Bonchev–Trinajstić information content (AvgIpc) is 2.91. The molecule has 0 radical (unpaired) electrons. The van der Waals surface area contributed by atoms with Crippen LogP contribution in [0.2, 0.25) is 0 Å². The number of hydrogen-bond acceptors (Lipinski definition) is 6. The predicted octanol–water partition coefficient (Wildman–Crippen LogP) is 7.59. The molecule has 0 N–H and O–H groups in total. The van der Waals surface area contributed by atoms with Gasteiger partial charge in [-0.15, -0.1) is 0 Å². The lowest BCUT2D eigenvalue weighted by molar-refractivity contribution is -0.143. The normalized spacial score (nSPS) is 11.5. The van der Waals surface area contributed by atoms with Crippen LogP contribution in [0.3, 0.4) is 0 Å². The summed E-state index contributed by atoms with van der Waals surface area (Å²) in [5.74, 6) is -0.0691. The first-order chi connectivity index (χ1) is 17.9. The molecule has 6 heteroatoms. The lowest BCUT2D eigenvalue weighted by Gasteiger charge is -2.09. The molecule has 6 nitrogen and oxygen atoms in total. The Bertz CT molecular complexity index is 949. The van der Waals surface area contributed by atoms with Crippen molar-refractivity contribution in [3.8, 4) is 11.5 Å². The van der Waals surface area contributed by atoms with E-state index in [4.69, 9.17) is 14.2 Å². The third kappa shape index (κ3) is 12.1. The molecule has 0 aliphatic heterocycles. The van der Waals surface area contributed by atoms with Crippen LogP contribution < -0.4 is 9.47 Å². The second-order valence-corrected chi connectivity index (χ2v) is 9.56. The third-order valence-corrected chi connectivity index (χ3v) is 6.27. The maximum Gasteiger partial charge on any atom is 0.343 e. The zero-order valence-corrected chi connectivity index (χ0v) is 22.6. The predicted molar refractivity (Wildman–Crippen MR) is 145 cm³/mol. The lowest BCUT2D eigenvalue weighted by atomic mass is 10.1. The molecule has 0 amide bonds. The molecule has 0 unspecified atom stereocenters. The van der Waals surface area contributed by atoms with Gasteiger partial charge >= 0.3 is 11.9 Å². The van der Waals surface area contributed by atoms with Crippen molar-refractivity contribution in [2.45, 2.75) is 85.0 Å². The summed E-state index contributed by atoms with van der Waals surface area (Å²) >= 11 is 0. The molecule has 202 valence electrons. The smallest absolute Gasteiger partial charge is 0.343 e. The van der Waals surface area contributed by atoms with Crippen LogP contribution in [0.15, 0.2) is 48.5 Å². The van der Waals surface area contributed by atoms with Crippen LogP contribution in [0.1, 0.15) is 106 Å². The summed E-state index contributed by atoms with van der Waals surface area (Å²) < 4.78 is 16.3. The average molecular weight is 511 g/mol. The molecule has 0 fully saturated rings. The van der Waals surface area contributed by atoms with Crippen molar-refractivity contribution >= 4 is 17.7 Å². The number of carbonyl (C=O) groups is 3. The van der Waals surface area contributed by atoms with E-state index in [1.807, 2.05) is 13.8 Å². The zero-order valence-electron chi connectivity index (χ0n) is 22.6. The fourth-order valence-corrected chi connectivity index (χ4v) is 3.63. The van der Waals surface area contributed by atoms with E-state index >= 15 is 0 Å². The van der Waals surface area contributed by atoms with Gasteiger partial charge in [-0.1, -0.05) is 72.1 Å². The first-order valence-corrected chi connectivity index (χ1v) is 13.7. The number of hydrogen-bond donors (Lipinski definition) is 0. The zero-order chi connectivity index (χ0) is 26.9. The van der Waals surface area contributed by atoms with Gasteiger partial charge in [0.25, 0.3) is 0 Å². The van der Waals surface area contributed by atoms with Crippen molar-refractivity contribution in [1.82, 2.24) is 0 Å². The van der Waals surface area contributed by atoms with E-state index in [1.54, 1.807) is 24.3 Å². The van der Waals surface area contributed by atoms with Gasteiger partial charge in [-0.25, -0.2) is 4.79 Å². The van der Waals surface area contributed by atoms with Crippen LogP contribution in [0, 0.1) is 5.92 Å². The molecule has 2 aromatic rings. The van der Waals surface area contributed by atoms with E-state index < -0.39 is 11.9 Å². The summed E-state index contributed by atoms with van der Waals surface area (Å²) in [6.45, 7) is 7.20. The van der Waals surface area contributed by atoms with Gasteiger partial charge in [0.1, 0.15) is 17.9 Å². The SMILES string of the molecule is CCCCCCCCCCOc1ccc(C(=O)Oc2ccc(C(=O)CC(=O)OC[C@@H](C)CC)cc2)cc1. The summed E-state index contributed by atoms with van der Waals surface area (Å²) in [7, 11) is 0. The van der Waals surface area contributed by atoms with Gasteiger partial charge in [0, 0.05) is 5.56 Å². The minimum Gasteiger partial charge on any atom is -0.494 e. The Balaban J connectivity index is 1.71. The van der Waals surface area contributed by atoms with Gasteiger partial charge in [-0.2, -0.15) is 0 Å². The number of Topliss-reactive ketones (excluding diaryl/α,β-unsaturated/α-hetero) is 1. The highest BCUT2D eigenvalue weighted by molar-refractivity contribution is 6.06. The van der Waals surface area contributed by atoms with Crippen LogP contribution in [0.5, 0.6) is 11.5 Å². The summed E-state index contributed by atoms with van der Waals surface area (Å²) in [5.41, 5.74) is 0.766. The van der Waals surface area contributed by atoms with Crippen molar-refractivity contribution in [3.05, 3.63) is 59.7 Å². The molecule has 0 aliphatic carbocycles. The lowest BCUT2D eigenvalue weighted by Crippen LogP contribution is -2.15. The Hall–Kier alpha value is -3.15. The van der Waals surface area contributed by atoms with Crippen LogP contribution in [0.25, 0.3) is 0 Å². The summed E-state index contributed by atoms with van der Waals surface area (Å²) in [4.78, 5) is 36.6. The number of ether oxygens (including phenoxy) is 3. The van der Waals surface area contributed by atoms with E-state index in [1.165, 1.54) is 69.2 Å². The minimum absolute atomic E-state index is 0.261. The molecule has 2 rings (SSSR count). The van der Waals surface area contributed by atoms with Gasteiger partial charge in [-0.3, -0.25) is 9.59 Å². The van der Waals surface area contributed by atoms with Crippen LogP contribution in [0.4, 0.5) is 0 Å². The van der Waals surface area contributed by atoms with Gasteiger partial charge in [0.2, 0.25) is 0 Å². The van der Waals surface area contributed by atoms with Crippen LogP contribution >= 0.6 is 0 Å². The number of benzene rings is 2. The Morgan fingerprint density at radius 3 is 1.92 bits per heavy atom. The minimum atomic E-state index is -0.536. The number of unbranched alkanes of at least 4 members (excludes halogenated alkanes) is 7. The number of esters is 2. The third-order valence-electron chi connectivity index (χ3n) is 6.27. The molecule has 0 bridgehead atoms. The van der Waals surface area contributed by atoms with E-state index in [2.05, 4.69) is 6.92 Å². The largest absolute Gasteiger partial charge is 0.494 e. The second-order valence-electron chi connectivity index (χ2n) is 9.56. The molecule has 1 atom stereocenters. The standard InChI is InChI=1S/C31H42O6/c1-4-6-7-8-9-10-11-12-21-35-27-17-15-26(16-18-27)31(34)37-28-19-13-25(14-20-28)29(32)22-30(33)36-23-24(3)5-2/h13-20,24H,4-12,21-23H2,1-3H3/t24-/m0/s1. The molecule has 2 aromatic carbocycles. The molecule has 0 spiro atoms. The molecular weight excluding hydrogens is 468 g/mol.